The first-order valence-corrected chi connectivity index (χ1v) is 9.37. The summed E-state index contributed by atoms with van der Waals surface area (Å²) in [5.41, 5.74) is 1.75. The number of carbonyl (C=O) groups is 3. The van der Waals surface area contributed by atoms with Gasteiger partial charge in [0.05, 0.1) is 7.11 Å². The number of carboxylic acid groups (broad SMARTS) is 1. The highest BCUT2D eigenvalue weighted by atomic mass is 16.5. The van der Waals surface area contributed by atoms with Crippen LogP contribution in [0.3, 0.4) is 0 Å². The van der Waals surface area contributed by atoms with Crippen molar-refractivity contribution >= 4 is 23.5 Å². The van der Waals surface area contributed by atoms with Crippen molar-refractivity contribution < 1.29 is 24.2 Å². The van der Waals surface area contributed by atoms with Gasteiger partial charge < -0.3 is 20.1 Å². The van der Waals surface area contributed by atoms with Crippen LogP contribution in [0, 0.1) is 6.92 Å². The zero-order chi connectivity index (χ0) is 21.0. The summed E-state index contributed by atoms with van der Waals surface area (Å²) in [6, 6.07) is 8.97. The van der Waals surface area contributed by atoms with E-state index >= 15 is 0 Å². The van der Waals surface area contributed by atoms with E-state index in [2.05, 4.69) is 10.3 Å². The molecule has 0 aliphatic carbocycles. The highest BCUT2D eigenvalue weighted by molar-refractivity contribution is 6.06. The SMILES string of the molecule is COc1nc(C)ccc1C(=O)Nc1cccc(C(=O)N2CCCCC2C(=O)O)c1. The van der Waals surface area contributed by atoms with Crippen molar-refractivity contribution in [3.8, 4) is 5.88 Å². The second-order valence-corrected chi connectivity index (χ2v) is 6.89. The zero-order valence-corrected chi connectivity index (χ0v) is 16.3. The van der Waals surface area contributed by atoms with E-state index in [1.807, 2.05) is 0 Å². The summed E-state index contributed by atoms with van der Waals surface area (Å²) in [7, 11) is 1.44. The van der Waals surface area contributed by atoms with Gasteiger partial charge in [0.1, 0.15) is 11.6 Å². The van der Waals surface area contributed by atoms with Crippen LogP contribution in [-0.2, 0) is 4.79 Å². The molecule has 1 aliphatic heterocycles. The van der Waals surface area contributed by atoms with E-state index in [-0.39, 0.29) is 17.4 Å². The maximum absolute atomic E-state index is 12.9. The molecule has 8 heteroatoms. The molecule has 2 heterocycles. The Hall–Kier alpha value is -3.42. The number of hydrogen-bond donors (Lipinski definition) is 2. The van der Waals surface area contributed by atoms with Crippen LogP contribution in [0.25, 0.3) is 0 Å². The molecule has 152 valence electrons. The van der Waals surface area contributed by atoms with Crippen LogP contribution >= 0.6 is 0 Å². The summed E-state index contributed by atoms with van der Waals surface area (Å²) >= 11 is 0. The number of aromatic nitrogens is 1. The normalized spacial score (nSPS) is 16.2. The number of rotatable bonds is 5. The van der Waals surface area contributed by atoms with Gasteiger partial charge >= 0.3 is 5.97 Å². The summed E-state index contributed by atoms with van der Waals surface area (Å²) in [4.78, 5) is 42.6. The van der Waals surface area contributed by atoms with Gasteiger partial charge in [-0.1, -0.05) is 6.07 Å². The van der Waals surface area contributed by atoms with E-state index in [0.29, 0.717) is 24.2 Å². The summed E-state index contributed by atoms with van der Waals surface area (Å²) in [6.45, 7) is 2.20. The number of nitrogens with zero attached hydrogens (tertiary/aromatic N) is 2. The molecular weight excluding hydrogens is 374 g/mol. The number of nitrogens with one attached hydrogen (secondary N) is 1. The van der Waals surface area contributed by atoms with Crippen LogP contribution in [0.15, 0.2) is 36.4 Å². The summed E-state index contributed by atoms with van der Waals surface area (Å²) < 4.78 is 5.17. The molecule has 1 aliphatic rings. The average Bonchev–Trinajstić information content (AvgIpc) is 2.73. The van der Waals surface area contributed by atoms with Gasteiger partial charge in [-0.25, -0.2) is 9.78 Å². The molecule has 1 saturated heterocycles. The van der Waals surface area contributed by atoms with Gasteiger partial charge in [0.15, 0.2) is 0 Å². The molecule has 0 spiro atoms. The molecule has 29 heavy (non-hydrogen) atoms. The van der Waals surface area contributed by atoms with Crippen LogP contribution in [0.4, 0.5) is 5.69 Å². The number of anilines is 1. The lowest BCUT2D eigenvalue weighted by atomic mass is 10.0. The fourth-order valence-electron chi connectivity index (χ4n) is 3.39. The molecule has 1 unspecified atom stereocenters. The molecule has 8 nitrogen and oxygen atoms in total. The van der Waals surface area contributed by atoms with Gasteiger partial charge in [-0.2, -0.15) is 0 Å². The van der Waals surface area contributed by atoms with Gasteiger partial charge in [-0.05, 0) is 56.5 Å². The number of carbonyl (C=O) groups excluding carboxylic acids is 2. The van der Waals surface area contributed by atoms with Crippen molar-refractivity contribution in [2.24, 2.45) is 0 Å². The van der Waals surface area contributed by atoms with E-state index in [0.717, 1.165) is 18.5 Å². The van der Waals surface area contributed by atoms with Crippen molar-refractivity contribution in [2.45, 2.75) is 32.2 Å². The maximum atomic E-state index is 12.9. The molecule has 3 rings (SSSR count). The third-order valence-corrected chi connectivity index (χ3v) is 4.85. The maximum Gasteiger partial charge on any atom is 0.326 e. The van der Waals surface area contributed by atoms with Crippen molar-refractivity contribution in [1.29, 1.82) is 0 Å². The fourth-order valence-corrected chi connectivity index (χ4v) is 3.39. The van der Waals surface area contributed by atoms with Gasteiger partial charge in [0, 0.05) is 23.5 Å². The molecule has 1 atom stereocenters. The lowest BCUT2D eigenvalue weighted by molar-refractivity contribution is -0.143. The largest absolute Gasteiger partial charge is 0.480 e. The molecule has 0 bridgehead atoms. The van der Waals surface area contributed by atoms with Crippen LogP contribution in [0.1, 0.15) is 45.7 Å². The lowest BCUT2D eigenvalue weighted by Gasteiger charge is -2.33. The monoisotopic (exact) mass is 397 g/mol. The third kappa shape index (κ3) is 4.53. The Kier molecular flexibility index (Phi) is 6.11. The first kappa shape index (κ1) is 20.3. The van der Waals surface area contributed by atoms with Gasteiger partial charge in [-0.3, -0.25) is 9.59 Å². The van der Waals surface area contributed by atoms with Crippen LogP contribution in [0.5, 0.6) is 5.88 Å². The predicted molar refractivity (Wildman–Crippen MR) is 106 cm³/mol. The number of hydrogen-bond acceptors (Lipinski definition) is 5. The minimum Gasteiger partial charge on any atom is -0.480 e. The molecule has 2 aromatic rings. The minimum absolute atomic E-state index is 0.215. The van der Waals surface area contributed by atoms with E-state index in [9.17, 15) is 19.5 Å². The Morgan fingerprint density at radius 2 is 2.00 bits per heavy atom. The Morgan fingerprint density at radius 1 is 1.21 bits per heavy atom. The number of aryl methyl sites for hydroxylation is 1. The number of methoxy groups -OCH3 is 1. The summed E-state index contributed by atoms with van der Waals surface area (Å²) in [5.74, 6) is -1.56. The Morgan fingerprint density at radius 3 is 2.72 bits per heavy atom. The number of carboxylic acids is 1. The molecule has 1 fully saturated rings. The number of aliphatic carboxylic acids is 1. The highest BCUT2D eigenvalue weighted by Gasteiger charge is 2.32. The molecule has 2 amide bonds. The molecule has 0 saturated carbocycles. The number of benzene rings is 1. The van der Waals surface area contributed by atoms with E-state index in [4.69, 9.17) is 4.74 Å². The van der Waals surface area contributed by atoms with Crippen molar-refractivity contribution in [3.05, 3.63) is 53.2 Å². The quantitative estimate of drug-likeness (QED) is 0.803. The Labute approximate surface area is 168 Å². The van der Waals surface area contributed by atoms with Gasteiger partial charge in [0.2, 0.25) is 5.88 Å². The third-order valence-electron chi connectivity index (χ3n) is 4.85. The van der Waals surface area contributed by atoms with Crippen LogP contribution in [0.2, 0.25) is 0 Å². The molecule has 2 N–H and O–H groups in total. The van der Waals surface area contributed by atoms with E-state index < -0.39 is 17.9 Å². The van der Waals surface area contributed by atoms with Gasteiger partial charge in [-0.15, -0.1) is 0 Å². The summed E-state index contributed by atoms with van der Waals surface area (Å²) in [5, 5.41) is 12.1. The number of likely N-dealkylation sites (tertiary alicyclic amines) is 1. The Balaban J connectivity index is 1.80. The van der Waals surface area contributed by atoms with Crippen LogP contribution in [-0.4, -0.2) is 52.5 Å². The van der Waals surface area contributed by atoms with Crippen molar-refractivity contribution in [1.82, 2.24) is 9.88 Å². The number of piperidine rings is 1. The van der Waals surface area contributed by atoms with Gasteiger partial charge in [0.25, 0.3) is 11.8 Å². The van der Waals surface area contributed by atoms with Crippen molar-refractivity contribution in [2.75, 3.05) is 19.0 Å². The summed E-state index contributed by atoms with van der Waals surface area (Å²) in [6.07, 6.45) is 1.99. The molecule has 1 aromatic carbocycles. The first-order valence-electron chi connectivity index (χ1n) is 9.37. The lowest BCUT2D eigenvalue weighted by Crippen LogP contribution is -2.48. The minimum atomic E-state index is -0.999. The number of amides is 2. The topological polar surface area (TPSA) is 109 Å². The predicted octanol–water partition coefficient (Wildman–Crippen LogP) is 2.73. The average molecular weight is 397 g/mol. The second kappa shape index (κ2) is 8.72. The number of ether oxygens (including phenoxy) is 1. The van der Waals surface area contributed by atoms with E-state index in [1.165, 1.54) is 12.0 Å². The second-order valence-electron chi connectivity index (χ2n) is 6.89. The smallest absolute Gasteiger partial charge is 0.326 e. The van der Waals surface area contributed by atoms with Crippen molar-refractivity contribution in [3.63, 3.8) is 0 Å². The molecule has 1 aromatic heterocycles. The Bertz CT molecular complexity index is 944. The molecular formula is C21H23N3O5. The van der Waals surface area contributed by atoms with E-state index in [1.54, 1.807) is 43.3 Å². The number of pyridine rings is 1. The molecule has 0 radical (unpaired) electrons. The fraction of sp³-hybridized carbons (Fsp3) is 0.333. The first-order chi connectivity index (χ1) is 13.9. The zero-order valence-electron chi connectivity index (χ0n) is 16.3. The standard InChI is InChI=1S/C21H23N3O5/c1-13-9-10-16(19(22-13)29-2)18(25)23-15-7-5-6-14(12-15)20(26)24-11-4-3-8-17(24)21(27)28/h5-7,9-10,12,17H,3-4,8,11H2,1-2H3,(H,23,25)(H,27,28). The van der Waals surface area contributed by atoms with Crippen LogP contribution < -0.4 is 10.1 Å². The highest BCUT2D eigenvalue weighted by Crippen LogP contribution is 2.22.